The summed E-state index contributed by atoms with van der Waals surface area (Å²) in [5.74, 6) is -8.28. The van der Waals surface area contributed by atoms with Gasteiger partial charge < -0.3 is 49.4 Å². The largest absolute Gasteiger partial charge is 0.507 e. The Kier molecular flexibility index (Phi) is 8.33. The minimum atomic E-state index is -3.24. The molecular formula is C34H33NO15. The number of aliphatic hydroxyl groups excluding tert-OH is 1. The second-order valence-corrected chi connectivity index (χ2v) is 12.4. The minimum absolute atomic E-state index is 0.0116. The van der Waals surface area contributed by atoms with E-state index in [1.54, 1.807) is 6.92 Å². The molecule has 5 N–H and O–H groups in total. The maximum absolute atomic E-state index is 14.6. The molecule has 0 saturated carbocycles. The Balaban J connectivity index is 1.52. The van der Waals surface area contributed by atoms with E-state index in [-0.39, 0.29) is 11.1 Å². The highest BCUT2D eigenvalue weighted by atomic mass is 16.6. The number of aromatic hydroxyl groups is 2. The van der Waals surface area contributed by atoms with Gasteiger partial charge in [-0.15, -0.1) is 0 Å². The highest BCUT2D eigenvalue weighted by Gasteiger charge is 2.72. The van der Waals surface area contributed by atoms with Gasteiger partial charge in [0.1, 0.15) is 23.2 Å². The van der Waals surface area contributed by atoms with E-state index in [1.807, 2.05) is 0 Å². The number of methoxy groups -OCH3 is 4. The first-order valence-electron chi connectivity index (χ1n) is 15.3. The molecule has 0 aromatic heterocycles. The van der Waals surface area contributed by atoms with Crippen molar-refractivity contribution in [3.8, 4) is 11.5 Å². The summed E-state index contributed by atoms with van der Waals surface area (Å²) in [6, 6.07) is 2.15. The van der Waals surface area contributed by atoms with Crippen LogP contribution in [-0.2, 0) is 40.5 Å². The molecule has 7 atom stereocenters. The smallest absolute Gasteiger partial charge is 0.341 e. The zero-order valence-electron chi connectivity index (χ0n) is 27.6. The van der Waals surface area contributed by atoms with Gasteiger partial charge in [0.05, 0.1) is 36.1 Å². The fourth-order valence-corrected chi connectivity index (χ4v) is 7.68. The van der Waals surface area contributed by atoms with E-state index in [4.69, 9.17) is 23.7 Å². The predicted octanol–water partition coefficient (Wildman–Crippen LogP) is -0.0418. The van der Waals surface area contributed by atoms with Crippen molar-refractivity contribution in [3.63, 3.8) is 0 Å². The summed E-state index contributed by atoms with van der Waals surface area (Å²) in [6.45, 7) is 2.99. The van der Waals surface area contributed by atoms with Crippen molar-refractivity contribution in [2.24, 2.45) is 0 Å². The summed E-state index contributed by atoms with van der Waals surface area (Å²) in [5, 5.41) is 49.4. The SMILES string of the molecule is COC(=O)c1c(C)cc2c(c1O)[C@]1(O)C(=O)c3cc4c(c(O)c3C(=O)[C@]1(OC)[C@H](O)C2)C(=O)C=C(N[C@H]1O[C@@H](C)[C@H](OC)C(=O)[C@H]1OC)C4=O. The molecule has 1 saturated heterocycles. The predicted molar refractivity (Wildman–Crippen MR) is 165 cm³/mol. The molecule has 4 aliphatic rings. The molecule has 0 amide bonds. The van der Waals surface area contributed by atoms with Gasteiger partial charge in [-0.1, -0.05) is 6.07 Å². The molecule has 1 aliphatic heterocycles. The quantitative estimate of drug-likeness (QED) is 0.249. The molecule has 2 aromatic carbocycles. The Morgan fingerprint density at radius 1 is 0.940 bits per heavy atom. The number of nitrogens with one attached hydrogen (secondary N) is 1. The van der Waals surface area contributed by atoms with E-state index in [2.05, 4.69) is 5.32 Å². The van der Waals surface area contributed by atoms with E-state index in [1.165, 1.54) is 27.2 Å². The average molecular weight is 696 g/mol. The average Bonchev–Trinajstić information content (AvgIpc) is 3.05. The van der Waals surface area contributed by atoms with Gasteiger partial charge in [-0.05, 0) is 31.0 Å². The second kappa shape index (κ2) is 11.9. The zero-order chi connectivity index (χ0) is 36.8. The van der Waals surface area contributed by atoms with Crippen LogP contribution in [0.15, 0.2) is 23.9 Å². The number of Topliss-reactive ketones (excluding diaryl/α,β-unsaturated/α-hetero) is 4. The van der Waals surface area contributed by atoms with Gasteiger partial charge in [-0.3, -0.25) is 24.0 Å². The fraction of sp³-hybridized carbons (Fsp3) is 0.412. The molecule has 0 spiro atoms. The summed E-state index contributed by atoms with van der Waals surface area (Å²) in [4.78, 5) is 82.0. The number of rotatable bonds is 6. The number of ether oxygens (including phenoxy) is 5. The molecule has 3 aliphatic carbocycles. The van der Waals surface area contributed by atoms with Gasteiger partial charge in [-0.2, -0.15) is 0 Å². The van der Waals surface area contributed by atoms with E-state index < -0.39 is 134 Å². The highest BCUT2D eigenvalue weighted by Crippen LogP contribution is 2.56. The van der Waals surface area contributed by atoms with Crippen molar-refractivity contribution in [1.29, 1.82) is 0 Å². The van der Waals surface area contributed by atoms with Gasteiger partial charge in [-0.25, -0.2) is 4.79 Å². The number of carbonyl (C=O) groups excluding carboxylic acids is 6. The van der Waals surface area contributed by atoms with Crippen molar-refractivity contribution < 1.29 is 72.9 Å². The summed E-state index contributed by atoms with van der Waals surface area (Å²) in [5.41, 5.74) is -10.3. The summed E-state index contributed by atoms with van der Waals surface area (Å²) in [7, 11) is 4.49. The molecule has 6 rings (SSSR count). The normalized spacial score (nSPS) is 30.2. The number of carbonyl (C=O) groups is 6. The second-order valence-electron chi connectivity index (χ2n) is 12.4. The van der Waals surface area contributed by atoms with Crippen LogP contribution in [0.1, 0.15) is 75.4 Å². The molecular weight excluding hydrogens is 662 g/mol. The fourth-order valence-electron chi connectivity index (χ4n) is 7.68. The van der Waals surface area contributed by atoms with Crippen LogP contribution in [0.2, 0.25) is 0 Å². The van der Waals surface area contributed by atoms with Crippen LogP contribution in [0.4, 0.5) is 0 Å². The Morgan fingerprint density at radius 2 is 1.60 bits per heavy atom. The molecule has 50 heavy (non-hydrogen) atoms. The van der Waals surface area contributed by atoms with Crippen LogP contribution in [0.25, 0.3) is 0 Å². The van der Waals surface area contributed by atoms with Gasteiger partial charge in [0.2, 0.25) is 17.3 Å². The molecule has 0 bridgehead atoms. The number of fused-ring (bicyclic) bond motifs is 5. The van der Waals surface area contributed by atoms with E-state index in [9.17, 15) is 49.2 Å². The lowest BCUT2D eigenvalue weighted by molar-refractivity contribution is -0.190. The van der Waals surface area contributed by atoms with Gasteiger partial charge >= 0.3 is 5.97 Å². The summed E-state index contributed by atoms with van der Waals surface area (Å²) < 4.78 is 26.5. The number of allylic oxidation sites excluding steroid dienone is 2. The van der Waals surface area contributed by atoms with Gasteiger partial charge in [0.15, 0.2) is 35.1 Å². The van der Waals surface area contributed by atoms with Crippen LogP contribution in [0, 0.1) is 6.92 Å². The lowest BCUT2D eigenvalue weighted by Gasteiger charge is -2.52. The third kappa shape index (κ3) is 4.33. The minimum Gasteiger partial charge on any atom is -0.507 e. The van der Waals surface area contributed by atoms with Gasteiger partial charge in [0.25, 0.3) is 0 Å². The molecule has 16 nitrogen and oxygen atoms in total. The van der Waals surface area contributed by atoms with E-state index in [0.29, 0.717) is 0 Å². The van der Waals surface area contributed by atoms with Crippen molar-refractivity contribution in [3.05, 3.63) is 68.4 Å². The number of hydrogen-bond acceptors (Lipinski definition) is 16. The topological polar surface area (TPSA) is 242 Å². The third-order valence-electron chi connectivity index (χ3n) is 9.95. The molecule has 16 heteroatoms. The lowest BCUT2D eigenvalue weighted by Crippen LogP contribution is -2.73. The van der Waals surface area contributed by atoms with Gasteiger partial charge in [0, 0.05) is 50.5 Å². The molecule has 1 heterocycles. The monoisotopic (exact) mass is 695 g/mol. The maximum atomic E-state index is 14.6. The summed E-state index contributed by atoms with van der Waals surface area (Å²) >= 11 is 0. The maximum Gasteiger partial charge on any atom is 0.341 e. The summed E-state index contributed by atoms with van der Waals surface area (Å²) in [6.07, 6.45) is -5.97. The van der Waals surface area contributed by atoms with Crippen LogP contribution >= 0.6 is 0 Å². The van der Waals surface area contributed by atoms with Crippen LogP contribution in [0.5, 0.6) is 11.5 Å². The first kappa shape index (κ1) is 35.0. The Labute approximate surface area is 283 Å². The van der Waals surface area contributed by atoms with Crippen LogP contribution in [0.3, 0.4) is 0 Å². The number of aryl methyl sites for hydroxylation is 1. The number of phenols is 2. The van der Waals surface area contributed by atoms with E-state index in [0.717, 1.165) is 26.4 Å². The first-order valence-corrected chi connectivity index (χ1v) is 15.3. The molecule has 0 radical (unpaired) electrons. The Hall–Kier alpha value is -4.84. The Bertz CT molecular complexity index is 1970. The standard InChI is InChI=1S/C34H33NO15/c1-11-7-13-8-18(37)34(49-6)30(43)21-15(29(42)33(34,45)22(13)25(40)19(11)32(44)48-5)9-14-20(24(21)39)17(36)10-16(23(14)38)35-31-28(47-4)26(41)27(46-3)12(2)50-31/h7,9-10,12,18,27-28,31,35,37,39-40,45H,8H2,1-6H3/t12-,18+,27-,28+,31-,33-,34+/m0/s1. The lowest BCUT2D eigenvalue weighted by atomic mass is 9.56. The molecule has 1 fully saturated rings. The number of hydrogen-bond donors (Lipinski definition) is 5. The van der Waals surface area contributed by atoms with Crippen LogP contribution in [-0.4, -0.2) is 120 Å². The van der Waals surface area contributed by atoms with Crippen molar-refractivity contribution in [1.82, 2.24) is 5.32 Å². The van der Waals surface area contributed by atoms with Crippen molar-refractivity contribution >= 4 is 34.9 Å². The first-order chi connectivity index (χ1) is 23.6. The highest BCUT2D eigenvalue weighted by molar-refractivity contribution is 6.31. The number of benzene rings is 2. The zero-order valence-corrected chi connectivity index (χ0v) is 27.6. The van der Waals surface area contributed by atoms with Crippen molar-refractivity contribution in [2.45, 2.75) is 62.1 Å². The third-order valence-corrected chi connectivity index (χ3v) is 9.95. The number of ketones is 5. The molecule has 0 unspecified atom stereocenters. The Morgan fingerprint density at radius 3 is 2.20 bits per heavy atom. The molecule has 264 valence electrons. The van der Waals surface area contributed by atoms with Crippen LogP contribution < -0.4 is 5.32 Å². The number of esters is 1. The van der Waals surface area contributed by atoms with Crippen molar-refractivity contribution in [2.75, 3.05) is 28.4 Å². The number of phenolic OH excluding ortho intramolecular Hbond substituents is 2. The molecule has 2 aromatic rings. The van der Waals surface area contributed by atoms with E-state index >= 15 is 0 Å². The number of aliphatic hydroxyl groups is 2.